The first kappa shape index (κ1) is 11.1. The molecule has 0 bridgehead atoms. The normalized spacial score (nSPS) is 17.6. The predicted molar refractivity (Wildman–Crippen MR) is 57.7 cm³/mol. The van der Waals surface area contributed by atoms with E-state index in [1.165, 1.54) is 24.3 Å². The van der Waals surface area contributed by atoms with E-state index in [0.717, 1.165) is 0 Å². The Kier molecular flexibility index (Phi) is 2.92. The van der Waals surface area contributed by atoms with Crippen LogP contribution in [0.15, 0.2) is 24.3 Å². The lowest BCUT2D eigenvalue weighted by Crippen LogP contribution is -2.48. The molecule has 0 radical (unpaired) electrons. The van der Waals surface area contributed by atoms with E-state index in [1.54, 1.807) is 0 Å². The molecular formula is C12H14FNO2. The van der Waals surface area contributed by atoms with Gasteiger partial charge in [0.2, 0.25) is 0 Å². The fourth-order valence-electron chi connectivity index (χ4n) is 1.55. The van der Waals surface area contributed by atoms with Crippen molar-refractivity contribution in [2.24, 2.45) is 5.41 Å². The molecule has 0 aliphatic carbocycles. The fraction of sp³-hybridized carbons (Fsp3) is 0.417. The number of nitrogens with one attached hydrogen (secondary N) is 1. The van der Waals surface area contributed by atoms with Crippen LogP contribution in [0, 0.1) is 11.2 Å². The zero-order chi connectivity index (χ0) is 11.6. The van der Waals surface area contributed by atoms with Crippen LogP contribution in [0.2, 0.25) is 0 Å². The predicted octanol–water partition coefficient (Wildman–Crippen LogP) is 1.59. The molecule has 86 valence electrons. The Labute approximate surface area is 93.6 Å². The number of ether oxygens (including phenoxy) is 1. The first-order valence-electron chi connectivity index (χ1n) is 5.21. The smallest absolute Gasteiger partial charge is 0.251 e. The Morgan fingerprint density at radius 3 is 2.56 bits per heavy atom. The molecule has 3 nitrogen and oxygen atoms in total. The van der Waals surface area contributed by atoms with Crippen molar-refractivity contribution in [2.45, 2.75) is 6.92 Å². The van der Waals surface area contributed by atoms with Crippen LogP contribution in [-0.2, 0) is 4.74 Å². The molecular weight excluding hydrogens is 209 g/mol. The van der Waals surface area contributed by atoms with Gasteiger partial charge in [0.1, 0.15) is 5.82 Å². The Morgan fingerprint density at radius 2 is 2.06 bits per heavy atom. The summed E-state index contributed by atoms with van der Waals surface area (Å²) in [5.41, 5.74) is 0.528. The van der Waals surface area contributed by atoms with Gasteiger partial charge in [0, 0.05) is 17.5 Å². The van der Waals surface area contributed by atoms with Gasteiger partial charge in [-0.2, -0.15) is 0 Å². The van der Waals surface area contributed by atoms with Gasteiger partial charge in [0.05, 0.1) is 13.2 Å². The topological polar surface area (TPSA) is 38.3 Å². The highest BCUT2D eigenvalue weighted by Gasteiger charge is 2.33. The number of carbonyl (C=O) groups excluding carboxylic acids is 1. The molecule has 1 fully saturated rings. The lowest BCUT2D eigenvalue weighted by molar-refractivity contribution is -0.0978. The second-order valence-electron chi connectivity index (χ2n) is 4.49. The largest absolute Gasteiger partial charge is 0.380 e. The standard InChI is InChI=1S/C12H14FNO2/c1-12(7-16-8-12)6-14-11(15)9-2-4-10(13)5-3-9/h2-5H,6-8H2,1H3,(H,14,15). The van der Waals surface area contributed by atoms with Gasteiger partial charge in [-0.15, -0.1) is 0 Å². The van der Waals surface area contributed by atoms with Gasteiger partial charge in [-0.3, -0.25) is 4.79 Å². The number of carbonyl (C=O) groups is 1. The van der Waals surface area contributed by atoms with E-state index in [4.69, 9.17) is 4.74 Å². The highest BCUT2D eigenvalue weighted by Crippen LogP contribution is 2.25. The number of amides is 1. The molecule has 1 aliphatic rings. The van der Waals surface area contributed by atoms with Gasteiger partial charge in [-0.25, -0.2) is 4.39 Å². The molecule has 1 N–H and O–H groups in total. The number of hydrogen-bond donors (Lipinski definition) is 1. The summed E-state index contributed by atoms with van der Waals surface area (Å²) in [4.78, 5) is 11.7. The summed E-state index contributed by atoms with van der Waals surface area (Å²) >= 11 is 0. The Balaban J connectivity index is 1.90. The van der Waals surface area contributed by atoms with Crippen molar-refractivity contribution in [3.63, 3.8) is 0 Å². The van der Waals surface area contributed by atoms with E-state index in [2.05, 4.69) is 12.2 Å². The Hall–Kier alpha value is -1.42. The van der Waals surface area contributed by atoms with Crippen molar-refractivity contribution in [1.82, 2.24) is 5.32 Å². The third-order valence-corrected chi connectivity index (χ3v) is 2.68. The van der Waals surface area contributed by atoms with Gasteiger partial charge in [-0.05, 0) is 24.3 Å². The van der Waals surface area contributed by atoms with Gasteiger partial charge >= 0.3 is 0 Å². The summed E-state index contributed by atoms with van der Waals surface area (Å²) in [7, 11) is 0. The summed E-state index contributed by atoms with van der Waals surface area (Å²) in [5, 5.41) is 2.82. The maximum Gasteiger partial charge on any atom is 0.251 e. The average molecular weight is 223 g/mol. The Bertz CT molecular complexity index is 385. The highest BCUT2D eigenvalue weighted by atomic mass is 19.1. The molecule has 0 atom stereocenters. The maximum absolute atomic E-state index is 12.6. The molecule has 0 aromatic heterocycles. The quantitative estimate of drug-likeness (QED) is 0.845. The van der Waals surface area contributed by atoms with Crippen LogP contribution in [0.25, 0.3) is 0 Å². The number of benzene rings is 1. The maximum atomic E-state index is 12.6. The van der Waals surface area contributed by atoms with Crippen LogP contribution in [-0.4, -0.2) is 25.7 Å². The minimum Gasteiger partial charge on any atom is -0.380 e. The molecule has 0 unspecified atom stereocenters. The minimum absolute atomic E-state index is 0.0513. The molecule has 1 saturated heterocycles. The molecule has 1 aliphatic heterocycles. The highest BCUT2D eigenvalue weighted by molar-refractivity contribution is 5.94. The van der Waals surface area contributed by atoms with Crippen LogP contribution < -0.4 is 5.32 Å². The van der Waals surface area contributed by atoms with E-state index < -0.39 is 0 Å². The third kappa shape index (κ3) is 2.39. The van der Waals surface area contributed by atoms with Gasteiger partial charge in [0.15, 0.2) is 0 Å². The average Bonchev–Trinajstić information content (AvgIpc) is 2.24. The van der Waals surface area contributed by atoms with E-state index >= 15 is 0 Å². The van der Waals surface area contributed by atoms with Crippen molar-refractivity contribution in [2.75, 3.05) is 19.8 Å². The lowest BCUT2D eigenvalue weighted by Gasteiger charge is -2.38. The zero-order valence-electron chi connectivity index (χ0n) is 9.13. The molecule has 4 heteroatoms. The molecule has 0 saturated carbocycles. The first-order chi connectivity index (χ1) is 7.59. The zero-order valence-corrected chi connectivity index (χ0v) is 9.13. The second kappa shape index (κ2) is 4.22. The molecule has 1 aromatic rings. The van der Waals surface area contributed by atoms with Gasteiger partial charge in [-0.1, -0.05) is 6.92 Å². The number of halogens is 1. The number of rotatable bonds is 3. The van der Waals surface area contributed by atoms with E-state index in [9.17, 15) is 9.18 Å². The summed E-state index contributed by atoms with van der Waals surface area (Å²) < 4.78 is 17.7. The van der Waals surface area contributed by atoms with Crippen molar-refractivity contribution in [3.8, 4) is 0 Å². The van der Waals surface area contributed by atoms with Gasteiger partial charge in [0.25, 0.3) is 5.91 Å². The van der Waals surface area contributed by atoms with Crippen LogP contribution >= 0.6 is 0 Å². The molecule has 1 amide bonds. The van der Waals surface area contributed by atoms with Crippen LogP contribution in [0.1, 0.15) is 17.3 Å². The summed E-state index contributed by atoms with van der Waals surface area (Å²) in [6.07, 6.45) is 0. The van der Waals surface area contributed by atoms with Crippen LogP contribution in [0.5, 0.6) is 0 Å². The lowest BCUT2D eigenvalue weighted by atomic mass is 9.89. The third-order valence-electron chi connectivity index (χ3n) is 2.68. The minimum atomic E-state index is -0.337. The molecule has 1 heterocycles. The van der Waals surface area contributed by atoms with E-state index in [0.29, 0.717) is 25.3 Å². The fourth-order valence-corrected chi connectivity index (χ4v) is 1.55. The Morgan fingerprint density at radius 1 is 1.44 bits per heavy atom. The van der Waals surface area contributed by atoms with Gasteiger partial charge < -0.3 is 10.1 Å². The SMILES string of the molecule is CC1(CNC(=O)c2ccc(F)cc2)COC1. The second-order valence-corrected chi connectivity index (χ2v) is 4.49. The molecule has 1 aromatic carbocycles. The molecule has 16 heavy (non-hydrogen) atoms. The monoisotopic (exact) mass is 223 g/mol. The van der Waals surface area contributed by atoms with Crippen molar-refractivity contribution in [1.29, 1.82) is 0 Å². The van der Waals surface area contributed by atoms with Crippen LogP contribution in [0.4, 0.5) is 4.39 Å². The van der Waals surface area contributed by atoms with Crippen LogP contribution in [0.3, 0.4) is 0 Å². The van der Waals surface area contributed by atoms with Crippen molar-refractivity contribution >= 4 is 5.91 Å². The first-order valence-corrected chi connectivity index (χ1v) is 5.21. The summed E-state index contributed by atoms with van der Waals surface area (Å²) in [6, 6.07) is 5.51. The molecule has 0 spiro atoms. The summed E-state index contributed by atoms with van der Waals surface area (Å²) in [6.45, 7) is 4.00. The van der Waals surface area contributed by atoms with Crippen molar-refractivity contribution in [3.05, 3.63) is 35.6 Å². The molecule has 2 rings (SSSR count). The number of hydrogen-bond acceptors (Lipinski definition) is 2. The van der Waals surface area contributed by atoms with Crippen molar-refractivity contribution < 1.29 is 13.9 Å². The van der Waals surface area contributed by atoms with E-state index in [-0.39, 0.29) is 17.1 Å². The van der Waals surface area contributed by atoms with E-state index in [1.807, 2.05) is 0 Å². The summed E-state index contributed by atoms with van der Waals surface area (Å²) in [5.74, 6) is -0.510.